The lowest BCUT2D eigenvalue weighted by molar-refractivity contribution is -0.154. The van der Waals surface area contributed by atoms with Gasteiger partial charge < -0.3 is 29.4 Å². The summed E-state index contributed by atoms with van der Waals surface area (Å²) in [5.74, 6) is -0.654. The second-order valence-corrected chi connectivity index (χ2v) is 10.0. The molecule has 0 fully saturated rings. The molecule has 180 valence electrons. The van der Waals surface area contributed by atoms with E-state index in [1.165, 1.54) is 12.1 Å². The highest BCUT2D eigenvalue weighted by Crippen LogP contribution is 2.17. The minimum absolute atomic E-state index is 0.0778. The van der Waals surface area contributed by atoms with E-state index in [4.69, 9.17) is 18.9 Å². The molecule has 0 saturated carbocycles. The Bertz CT molecular complexity index is 788. The molecule has 0 aliphatic heterocycles. The number of nitrogens with one attached hydrogen (secondary N) is 1. The molecule has 1 atom stereocenters. The molecule has 1 aromatic rings. The number of hydrogen-bond donors (Lipinski definition) is 2. The molecule has 0 saturated heterocycles. The molecule has 1 amide bonds. The van der Waals surface area contributed by atoms with Crippen molar-refractivity contribution in [1.82, 2.24) is 5.32 Å². The number of carbonyl (C=O) groups excluding carboxylic acids is 3. The van der Waals surface area contributed by atoms with Crippen molar-refractivity contribution in [2.75, 3.05) is 6.61 Å². The third-order valence-corrected chi connectivity index (χ3v) is 3.66. The number of hydrogen-bond acceptors (Lipinski definition) is 8. The standard InChI is InChI=1S/C23H35NO8/c1-21(2,3)30-19(27)24-17(13-15-9-11-16(25)12-10-15)18(26)29-14-23(7,8)32-20(28)31-22(4,5)6/h9-12,17,25H,13-14H2,1-8H3,(H,24,27). The van der Waals surface area contributed by atoms with Crippen LogP contribution in [-0.2, 0) is 30.2 Å². The average molecular weight is 454 g/mol. The Balaban J connectivity index is 2.83. The van der Waals surface area contributed by atoms with Gasteiger partial charge in [-0.1, -0.05) is 12.1 Å². The van der Waals surface area contributed by atoms with Gasteiger partial charge in [0.15, 0.2) is 0 Å². The Hall–Kier alpha value is -2.97. The fourth-order valence-electron chi connectivity index (χ4n) is 2.38. The van der Waals surface area contributed by atoms with Gasteiger partial charge in [-0.05, 0) is 73.1 Å². The van der Waals surface area contributed by atoms with E-state index in [1.807, 2.05) is 0 Å². The fraction of sp³-hybridized carbons (Fsp3) is 0.609. The summed E-state index contributed by atoms with van der Waals surface area (Å²) in [6.45, 7) is 13.1. The highest BCUT2D eigenvalue weighted by Gasteiger charge is 2.31. The van der Waals surface area contributed by atoms with Gasteiger partial charge in [-0.2, -0.15) is 0 Å². The van der Waals surface area contributed by atoms with Crippen LogP contribution in [0.15, 0.2) is 24.3 Å². The molecule has 0 spiro atoms. The lowest BCUT2D eigenvalue weighted by atomic mass is 10.1. The Morgan fingerprint density at radius 2 is 1.41 bits per heavy atom. The number of amides is 1. The molecular weight excluding hydrogens is 418 g/mol. The second-order valence-electron chi connectivity index (χ2n) is 10.0. The molecule has 0 aromatic heterocycles. The van der Waals surface area contributed by atoms with Gasteiger partial charge in [0.1, 0.15) is 35.2 Å². The normalized spacial score (nSPS) is 13.0. The first-order chi connectivity index (χ1) is 14.5. The number of ether oxygens (including phenoxy) is 4. The number of carbonyl (C=O) groups is 3. The van der Waals surface area contributed by atoms with Gasteiger partial charge in [-0.15, -0.1) is 0 Å². The summed E-state index contributed by atoms with van der Waals surface area (Å²) in [5, 5.41) is 12.0. The van der Waals surface area contributed by atoms with E-state index in [0.717, 1.165) is 0 Å². The van der Waals surface area contributed by atoms with Crippen LogP contribution >= 0.6 is 0 Å². The number of benzene rings is 1. The third-order valence-electron chi connectivity index (χ3n) is 3.66. The number of phenols is 1. The molecule has 32 heavy (non-hydrogen) atoms. The van der Waals surface area contributed by atoms with E-state index in [9.17, 15) is 19.5 Å². The van der Waals surface area contributed by atoms with E-state index in [-0.39, 0.29) is 18.8 Å². The largest absolute Gasteiger partial charge is 0.509 e. The van der Waals surface area contributed by atoms with Crippen molar-refractivity contribution in [2.24, 2.45) is 0 Å². The van der Waals surface area contributed by atoms with Crippen molar-refractivity contribution in [3.63, 3.8) is 0 Å². The monoisotopic (exact) mass is 453 g/mol. The molecule has 9 heteroatoms. The van der Waals surface area contributed by atoms with E-state index in [0.29, 0.717) is 5.56 Å². The topological polar surface area (TPSA) is 120 Å². The van der Waals surface area contributed by atoms with Crippen molar-refractivity contribution < 1.29 is 38.4 Å². The summed E-state index contributed by atoms with van der Waals surface area (Å²) >= 11 is 0. The third kappa shape index (κ3) is 11.4. The molecule has 1 rings (SSSR count). The van der Waals surface area contributed by atoms with Crippen LogP contribution < -0.4 is 5.32 Å². The summed E-state index contributed by atoms with van der Waals surface area (Å²) in [5.41, 5.74) is -1.95. The van der Waals surface area contributed by atoms with Gasteiger partial charge >= 0.3 is 18.2 Å². The van der Waals surface area contributed by atoms with Crippen LogP contribution in [0.4, 0.5) is 9.59 Å². The molecule has 0 aliphatic carbocycles. The molecule has 0 bridgehead atoms. The van der Waals surface area contributed by atoms with Crippen molar-refractivity contribution in [3.05, 3.63) is 29.8 Å². The summed E-state index contributed by atoms with van der Waals surface area (Å²) in [6, 6.07) is 5.14. The first-order valence-corrected chi connectivity index (χ1v) is 10.3. The predicted octanol–water partition coefficient (Wildman–Crippen LogP) is 4.10. The van der Waals surface area contributed by atoms with Crippen LogP contribution in [0.1, 0.15) is 61.0 Å². The Morgan fingerprint density at radius 3 is 1.91 bits per heavy atom. The van der Waals surface area contributed by atoms with E-state index < -0.39 is 41.1 Å². The average Bonchev–Trinajstić information content (AvgIpc) is 2.57. The molecule has 1 aromatic carbocycles. The van der Waals surface area contributed by atoms with Crippen LogP contribution in [0, 0.1) is 0 Å². The summed E-state index contributed by atoms with van der Waals surface area (Å²) in [6.07, 6.45) is -1.56. The quantitative estimate of drug-likeness (QED) is 0.468. The first-order valence-electron chi connectivity index (χ1n) is 10.3. The van der Waals surface area contributed by atoms with Gasteiger partial charge in [-0.25, -0.2) is 14.4 Å². The number of esters is 1. The number of phenolic OH excluding ortho intramolecular Hbond substituents is 1. The maximum Gasteiger partial charge on any atom is 0.509 e. The zero-order chi connectivity index (χ0) is 24.7. The molecule has 9 nitrogen and oxygen atoms in total. The molecule has 0 heterocycles. The second kappa shape index (κ2) is 10.6. The number of rotatable bonds is 7. The predicted molar refractivity (Wildman–Crippen MR) is 117 cm³/mol. The molecular formula is C23H35NO8. The van der Waals surface area contributed by atoms with Crippen LogP contribution in [0.3, 0.4) is 0 Å². The molecule has 2 N–H and O–H groups in total. The zero-order valence-corrected chi connectivity index (χ0v) is 20.1. The summed E-state index contributed by atoms with van der Waals surface area (Å²) in [4.78, 5) is 36.9. The highest BCUT2D eigenvalue weighted by atomic mass is 16.7. The Kier molecular flexibility index (Phi) is 8.93. The van der Waals surface area contributed by atoms with Crippen molar-refractivity contribution in [2.45, 2.75) is 84.7 Å². The lowest BCUT2D eigenvalue weighted by Gasteiger charge is -2.28. The summed E-state index contributed by atoms with van der Waals surface area (Å²) in [7, 11) is 0. The number of aromatic hydroxyl groups is 1. The minimum atomic E-state index is -1.16. The van der Waals surface area contributed by atoms with Crippen LogP contribution in [0.5, 0.6) is 5.75 Å². The lowest BCUT2D eigenvalue weighted by Crippen LogP contribution is -2.47. The Morgan fingerprint density at radius 1 is 0.875 bits per heavy atom. The Labute approximate surface area is 189 Å². The van der Waals surface area contributed by atoms with Crippen molar-refractivity contribution in [1.29, 1.82) is 0 Å². The SMILES string of the molecule is CC(C)(C)OC(=O)NC(Cc1ccc(O)cc1)C(=O)OCC(C)(C)OC(=O)OC(C)(C)C. The van der Waals surface area contributed by atoms with E-state index in [2.05, 4.69) is 5.32 Å². The maximum atomic E-state index is 12.8. The summed E-state index contributed by atoms with van der Waals surface area (Å²) < 4.78 is 20.9. The van der Waals surface area contributed by atoms with Crippen molar-refractivity contribution >= 4 is 18.2 Å². The molecule has 0 aliphatic rings. The number of alkyl carbamates (subject to hydrolysis) is 1. The zero-order valence-electron chi connectivity index (χ0n) is 20.1. The van der Waals surface area contributed by atoms with Crippen LogP contribution in [0.25, 0.3) is 0 Å². The van der Waals surface area contributed by atoms with Gasteiger partial charge in [0.2, 0.25) is 0 Å². The molecule has 0 radical (unpaired) electrons. The van der Waals surface area contributed by atoms with E-state index >= 15 is 0 Å². The van der Waals surface area contributed by atoms with E-state index in [1.54, 1.807) is 67.5 Å². The van der Waals surface area contributed by atoms with Gasteiger partial charge in [0.05, 0.1) is 0 Å². The van der Waals surface area contributed by atoms with Gasteiger partial charge in [0, 0.05) is 6.42 Å². The fourth-order valence-corrected chi connectivity index (χ4v) is 2.38. The van der Waals surface area contributed by atoms with Gasteiger partial charge in [-0.3, -0.25) is 0 Å². The minimum Gasteiger partial charge on any atom is -0.508 e. The van der Waals surface area contributed by atoms with Crippen molar-refractivity contribution in [3.8, 4) is 5.75 Å². The maximum absolute atomic E-state index is 12.8. The van der Waals surface area contributed by atoms with Crippen LogP contribution in [0.2, 0.25) is 0 Å². The molecule has 1 unspecified atom stereocenters. The highest BCUT2D eigenvalue weighted by molar-refractivity contribution is 5.81. The van der Waals surface area contributed by atoms with Crippen LogP contribution in [-0.4, -0.2) is 52.8 Å². The first kappa shape index (κ1) is 27.1. The smallest absolute Gasteiger partial charge is 0.508 e. The van der Waals surface area contributed by atoms with Gasteiger partial charge in [0.25, 0.3) is 0 Å².